The molecule has 0 saturated carbocycles. The molecule has 1 aromatic heterocycles. The van der Waals surface area contributed by atoms with Crippen molar-refractivity contribution in [2.75, 3.05) is 43.2 Å². The third-order valence-electron chi connectivity index (χ3n) is 4.18. The van der Waals surface area contributed by atoms with Crippen LogP contribution >= 0.6 is 34.5 Å². The molecule has 0 radical (unpaired) electrons. The van der Waals surface area contributed by atoms with Gasteiger partial charge in [0.15, 0.2) is 0 Å². The molecule has 3 N–H and O–H groups in total. The van der Waals surface area contributed by atoms with E-state index in [-0.39, 0.29) is 4.88 Å². The van der Waals surface area contributed by atoms with Crippen molar-refractivity contribution in [1.82, 2.24) is 4.72 Å². The maximum absolute atomic E-state index is 12.6. The van der Waals surface area contributed by atoms with E-state index in [1.54, 1.807) is 18.2 Å². The van der Waals surface area contributed by atoms with Crippen molar-refractivity contribution in [3.8, 4) is 0 Å². The lowest BCUT2D eigenvalue weighted by atomic mass is 10.0. The second-order valence-corrected chi connectivity index (χ2v) is 9.92. The number of ether oxygens (including phenoxy) is 1. The number of thiophene rings is 1. The molecule has 3 rings (SSSR count). The Kier molecular flexibility index (Phi) is 6.41. The average molecular weight is 464 g/mol. The highest BCUT2D eigenvalue weighted by atomic mass is 35.5. The number of amides is 1. The molecule has 152 valence electrons. The molecular formula is C17H19Cl2N3O4S2. The Labute approximate surface area is 177 Å². The normalized spacial score (nSPS) is 14.9. The molecule has 7 nitrogen and oxygen atoms in total. The average Bonchev–Trinajstić information content (AvgIpc) is 2.94. The van der Waals surface area contributed by atoms with Crippen molar-refractivity contribution in [1.29, 1.82) is 0 Å². The number of sulfonamides is 1. The maximum Gasteiger partial charge on any atom is 0.275 e. The van der Waals surface area contributed by atoms with Crippen LogP contribution in [0.15, 0.2) is 18.2 Å². The number of hydrogen-bond donors (Lipinski definition) is 2. The number of benzene rings is 1. The number of rotatable bonds is 5. The van der Waals surface area contributed by atoms with Gasteiger partial charge >= 0.3 is 0 Å². The minimum atomic E-state index is -3.71. The summed E-state index contributed by atoms with van der Waals surface area (Å²) in [6.45, 7) is 2.41. The molecule has 0 bridgehead atoms. The van der Waals surface area contributed by atoms with E-state index in [0.717, 1.165) is 16.8 Å². The van der Waals surface area contributed by atoms with Crippen LogP contribution in [-0.2, 0) is 21.2 Å². The Morgan fingerprint density at radius 3 is 2.57 bits per heavy atom. The van der Waals surface area contributed by atoms with Crippen molar-refractivity contribution >= 4 is 61.2 Å². The zero-order chi connectivity index (χ0) is 20.5. The van der Waals surface area contributed by atoms with Crippen molar-refractivity contribution in [3.05, 3.63) is 44.2 Å². The van der Waals surface area contributed by atoms with Gasteiger partial charge in [-0.05, 0) is 17.7 Å². The molecule has 2 heterocycles. The summed E-state index contributed by atoms with van der Waals surface area (Å²) in [5.74, 6) is -0.700. The molecule has 1 aliphatic heterocycles. The van der Waals surface area contributed by atoms with E-state index in [1.165, 1.54) is 11.3 Å². The molecule has 28 heavy (non-hydrogen) atoms. The number of halogens is 2. The van der Waals surface area contributed by atoms with Crippen LogP contribution in [0.25, 0.3) is 0 Å². The summed E-state index contributed by atoms with van der Waals surface area (Å²) in [6.07, 6.45) is 1.25. The third kappa shape index (κ3) is 4.90. The van der Waals surface area contributed by atoms with Crippen molar-refractivity contribution in [2.24, 2.45) is 0 Å². The van der Waals surface area contributed by atoms with Gasteiger partial charge in [-0.25, -0.2) is 13.1 Å². The molecule has 1 aliphatic rings. The van der Waals surface area contributed by atoms with E-state index in [1.807, 2.05) is 9.62 Å². The standard InChI is InChI=1S/C17H19Cl2N3O4S2/c1-28(24,25)21-16(23)15-11(8-10-2-3-12(18)13(19)9-10)14(20)17(27-15)22-4-6-26-7-5-22/h2-3,9H,4-8,20H2,1H3,(H,21,23). The van der Waals surface area contributed by atoms with Gasteiger partial charge in [-0.15, -0.1) is 11.3 Å². The third-order valence-corrected chi connectivity index (χ3v) is 6.78. The monoisotopic (exact) mass is 463 g/mol. The summed E-state index contributed by atoms with van der Waals surface area (Å²) < 4.78 is 30.5. The summed E-state index contributed by atoms with van der Waals surface area (Å²) in [7, 11) is -3.71. The fourth-order valence-electron chi connectivity index (χ4n) is 2.89. The summed E-state index contributed by atoms with van der Waals surface area (Å²) in [4.78, 5) is 14.9. The number of nitrogens with two attached hydrogens (primary N) is 1. The quantitative estimate of drug-likeness (QED) is 0.706. The molecule has 0 aliphatic carbocycles. The van der Waals surface area contributed by atoms with E-state index in [4.69, 9.17) is 33.7 Å². The van der Waals surface area contributed by atoms with E-state index < -0.39 is 15.9 Å². The predicted octanol–water partition coefficient (Wildman–Crippen LogP) is 2.75. The van der Waals surface area contributed by atoms with E-state index in [0.29, 0.717) is 54.0 Å². The second-order valence-electron chi connectivity index (χ2n) is 6.36. The number of anilines is 2. The minimum Gasteiger partial charge on any atom is -0.396 e. The van der Waals surface area contributed by atoms with Crippen LogP contribution in [0.4, 0.5) is 10.7 Å². The first-order valence-electron chi connectivity index (χ1n) is 8.35. The van der Waals surface area contributed by atoms with Crippen molar-refractivity contribution in [3.63, 3.8) is 0 Å². The number of carbonyl (C=O) groups is 1. The topological polar surface area (TPSA) is 102 Å². The first-order valence-corrected chi connectivity index (χ1v) is 11.8. The second kappa shape index (κ2) is 8.46. The Morgan fingerprint density at radius 2 is 1.96 bits per heavy atom. The van der Waals surface area contributed by atoms with E-state index >= 15 is 0 Å². The zero-order valence-corrected chi connectivity index (χ0v) is 18.1. The van der Waals surface area contributed by atoms with Gasteiger partial charge in [-0.3, -0.25) is 4.79 Å². The smallest absolute Gasteiger partial charge is 0.275 e. The lowest BCUT2D eigenvalue weighted by molar-refractivity contribution is 0.0985. The number of carbonyl (C=O) groups excluding carboxylic acids is 1. The first kappa shape index (κ1) is 21.2. The lowest BCUT2D eigenvalue weighted by Crippen LogP contribution is -2.36. The van der Waals surface area contributed by atoms with Crippen LogP contribution in [0.2, 0.25) is 10.0 Å². The molecule has 0 atom stereocenters. The maximum atomic E-state index is 12.6. The Morgan fingerprint density at radius 1 is 1.29 bits per heavy atom. The molecule has 0 unspecified atom stereocenters. The Balaban J connectivity index is 2.02. The molecular weight excluding hydrogens is 445 g/mol. The van der Waals surface area contributed by atoms with Crippen molar-refractivity contribution in [2.45, 2.75) is 6.42 Å². The minimum absolute atomic E-state index is 0.260. The van der Waals surface area contributed by atoms with Gasteiger partial charge in [0.05, 0.1) is 35.2 Å². The van der Waals surface area contributed by atoms with E-state index in [2.05, 4.69) is 0 Å². The summed E-state index contributed by atoms with van der Waals surface area (Å²) >= 11 is 13.2. The van der Waals surface area contributed by atoms with Crippen LogP contribution in [0.1, 0.15) is 20.8 Å². The fraction of sp³-hybridized carbons (Fsp3) is 0.353. The molecule has 1 saturated heterocycles. The van der Waals surface area contributed by atoms with Crippen LogP contribution < -0.4 is 15.4 Å². The predicted molar refractivity (Wildman–Crippen MR) is 113 cm³/mol. The van der Waals surface area contributed by atoms with Crippen LogP contribution in [0.5, 0.6) is 0 Å². The van der Waals surface area contributed by atoms with Gasteiger partial charge in [0.2, 0.25) is 10.0 Å². The summed E-state index contributed by atoms with van der Waals surface area (Å²) in [5.41, 5.74) is 8.21. The van der Waals surface area contributed by atoms with Crippen LogP contribution in [-0.4, -0.2) is 46.9 Å². The molecule has 1 amide bonds. The Bertz CT molecular complexity index is 1000. The summed E-state index contributed by atoms with van der Waals surface area (Å²) in [6, 6.07) is 5.16. The molecule has 2 aromatic rings. The van der Waals surface area contributed by atoms with Gasteiger partial charge in [0, 0.05) is 25.1 Å². The van der Waals surface area contributed by atoms with Gasteiger partial charge in [-0.2, -0.15) is 0 Å². The van der Waals surface area contributed by atoms with Gasteiger partial charge in [0.25, 0.3) is 5.91 Å². The zero-order valence-electron chi connectivity index (χ0n) is 15.0. The fourth-order valence-corrected chi connectivity index (χ4v) is 4.90. The molecule has 1 fully saturated rings. The summed E-state index contributed by atoms with van der Waals surface area (Å²) in [5, 5.41) is 1.55. The first-order chi connectivity index (χ1) is 13.2. The highest BCUT2D eigenvalue weighted by molar-refractivity contribution is 7.89. The number of nitrogens with one attached hydrogen (secondary N) is 1. The highest BCUT2D eigenvalue weighted by Gasteiger charge is 2.26. The number of nitrogens with zero attached hydrogens (tertiary/aromatic N) is 1. The molecule has 1 aromatic carbocycles. The van der Waals surface area contributed by atoms with Gasteiger partial charge in [0.1, 0.15) is 9.88 Å². The van der Waals surface area contributed by atoms with Crippen LogP contribution in [0, 0.1) is 0 Å². The largest absolute Gasteiger partial charge is 0.396 e. The van der Waals surface area contributed by atoms with Crippen LogP contribution in [0.3, 0.4) is 0 Å². The molecule has 0 spiro atoms. The van der Waals surface area contributed by atoms with Gasteiger partial charge < -0.3 is 15.4 Å². The van der Waals surface area contributed by atoms with Crippen molar-refractivity contribution < 1.29 is 17.9 Å². The number of nitrogen functional groups attached to an aromatic ring is 1. The SMILES string of the molecule is CS(=O)(=O)NC(=O)c1sc(N2CCOCC2)c(N)c1Cc1ccc(Cl)c(Cl)c1. The van der Waals surface area contributed by atoms with Gasteiger partial charge in [-0.1, -0.05) is 29.3 Å². The lowest BCUT2D eigenvalue weighted by Gasteiger charge is -2.28. The number of hydrogen-bond acceptors (Lipinski definition) is 7. The van der Waals surface area contributed by atoms with E-state index in [9.17, 15) is 13.2 Å². The highest BCUT2D eigenvalue weighted by Crippen LogP contribution is 2.40. The Hall–Kier alpha value is -1.52. The molecule has 11 heteroatoms. The number of morpholine rings is 1.